The second kappa shape index (κ2) is 14.6. The van der Waals surface area contributed by atoms with Gasteiger partial charge >= 0.3 is 6.09 Å². The Morgan fingerprint density at radius 3 is 2.15 bits per heavy atom. The van der Waals surface area contributed by atoms with E-state index in [9.17, 15) is 9.59 Å². The highest BCUT2D eigenvalue weighted by molar-refractivity contribution is 5.98. The van der Waals surface area contributed by atoms with Crippen LogP contribution in [0.2, 0.25) is 0 Å². The number of aromatic nitrogens is 2. The minimum Gasteiger partial charge on any atom is -0.444 e. The molecular formula is C39H46N4O4. The minimum atomic E-state index is -0.599. The van der Waals surface area contributed by atoms with Gasteiger partial charge in [0.2, 0.25) is 0 Å². The van der Waals surface area contributed by atoms with E-state index in [1.807, 2.05) is 86.6 Å². The first-order valence-corrected chi connectivity index (χ1v) is 16.9. The van der Waals surface area contributed by atoms with Crippen LogP contribution in [0.15, 0.2) is 97.3 Å². The van der Waals surface area contributed by atoms with Crippen LogP contribution in [0.5, 0.6) is 0 Å². The number of carbonyl (C=O) groups is 2. The van der Waals surface area contributed by atoms with Gasteiger partial charge < -0.3 is 23.8 Å². The predicted octanol–water partition coefficient (Wildman–Crippen LogP) is 7.55. The molecule has 0 unspecified atom stereocenters. The van der Waals surface area contributed by atoms with E-state index in [-0.39, 0.29) is 30.2 Å². The smallest absolute Gasteiger partial charge is 0.410 e. The zero-order chi connectivity index (χ0) is 32.8. The van der Waals surface area contributed by atoms with E-state index in [1.54, 1.807) is 4.90 Å². The summed E-state index contributed by atoms with van der Waals surface area (Å²) < 4.78 is 14.5. The summed E-state index contributed by atoms with van der Waals surface area (Å²) in [6, 6.07) is 30.3. The summed E-state index contributed by atoms with van der Waals surface area (Å²) in [5.74, 6) is -0.120. The van der Waals surface area contributed by atoms with Gasteiger partial charge in [0.15, 0.2) is 5.69 Å². The quantitative estimate of drug-likeness (QED) is 0.200. The van der Waals surface area contributed by atoms with E-state index in [0.717, 1.165) is 48.1 Å². The molecular weight excluding hydrogens is 588 g/mol. The molecule has 4 aromatic rings. The van der Waals surface area contributed by atoms with Gasteiger partial charge in [-0.25, -0.2) is 9.78 Å². The van der Waals surface area contributed by atoms with Crippen LogP contribution in [0.1, 0.15) is 74.1 Å². The molecule has 3 atom stereocenters. The molecule has 1 aliphatic carbocycles. The van der Waals surface area contributed by atoms with Crippen molar-refractivity contribution in [3.8, 4) is 11.3 Å². The Morgan fingerprint density at radius 2 is 1.47 bits per heavy atom. The van der Waals surface area contributed by atoms with E-state index < -0.39 is 5.60 Å². The van der Waals surface area contributed by atoms with Gasteiger partial charge in [-0.2, -0.15) is 0 Å². The lowest BCUT2D eigenvalue weighted by Gasteiger charge is -2.41. The Bertz CT molecular complexity index is 1620. The number of carbonyl (C=O) groups excluding carboxylic acids is 2. The summed E-state index contributed by atoms with van der Waals surface area (Å²) in [5, 5.41) is 0. The molecule has 8 heteroatoms. The third-order valence-electron chi connectivity index (χ3n) is 9.08. The van der Waals surface area contributed by atoms with Crippen molar-refractivity contribution in [2.24, 2.45) is 0 Å². The fourth-order valence-corrected chi connectivity index (χ4v) is 6.83. The van der Waals surface area contributed by atoms with Crippen LogP contribution in [0.4, 0.5) is 4.79 Å². The predicted molar refractivity (Wildman–Crippen MR) is 183 cm³/mol. The molecule has 1 aliphatic heterocycles. The molecule has 2 amide bonds. The van der Waals surface area contributed by atoms with Crippen molar-refractivity contribution in [2.75, 3.05) is 19.6 Å². The van der Waals surface area contributed by atoms with Gasteiger partial charge in [-0.3, -0.25) is 4.79 Å². The monoisotopic (exact) mass is 634 g/mol. The first kappa shape index (κ1) is 32.5. The van der Waals surface area contributed by atoms with Crippen LogP contribution in [-0.2, 0) is 22.5 Å². The van der Waals surface area contributed by atoms with Crippen molar-refractivity contribution < 1.29 is 19.1 Å². The second-order valence-corrected chi connectivity index (χ2v) is 13.7. The average molecular weight is 635 g/mol. The van der Waals surface area contributed by atoms with Crippen molar-refractivity contribution in [2.45, 2.75) is 83.3 Å². The summed E-state index contributed by atoms with van der Waals surface area (Å²) in [5.41, 5.74) is 3.87. The Balaban J connectivity index is 1.31. The van der Waals surface area contributed by atoms with Crippen LogP contribution in [0.25, 0.3) is 11.3 Å². The molecule has 0 bridgehead atoms. The van der Waals surface area contributed by atoms with Gasteiger partial charge in [0.05, 0.1) is 36.8 Å². The Hall–Kier alpha value is -4.43. The maximum Gasteiger partial charge on any atom is 0.410 e. The van der Waals surface area contributed by atoms with E-state index >= 15 is 0 Å². The van der Waals surface area contributed by atoms with E-state index in [1.165, 1.54) is 0 Å². The van der Waals surface area contributed by atoms with Crippen LogP contribution in [0, 0.1) is 0 Å². The Morgan fingerprint density at radius 1 is 0.830 bits per heavy atom. The fourth-order valence-electron chi connectivity index (χ4n) is 6.83. The molecule has 0 N–H and O–H groups in total. The Labute approximate surface area is 278 Å². The number of imidazole rings is 1. The van der Waals surface area contributed by atoms with Gasteiger partial charge in [-0.15, -0.1) is 0 Å². The number of rotatable bonds is 8. The van der Waals surface area contributed by atoms with Crippen molar-refractivity contribution in [3.05, 3.63) is 114 Å². The van der Waals surface area contributed by atoms with Crippen LogP contribution < -0.4 is 0 Å². The summed E-state index contributed by atoms with van der Waals surface area (Å²) in [7, 11) is 0. The summed E-state index contributed by atoms with van der Waals surface area (Å²) in [6.45, 7) is 7.33. The molecule has 2 fully saturated rings. The van der Waals surface area contributed by atoms with Gasteiger partial charge in [0.25, 0.3) is 5.91 Å². The van der Waals surface area contributed by atoms with Crippen molar-refractivity contribution in [3.63, 3.8) is 0 Å². The SMILES string of the molecule is CC(C)(C)OC(=O)N1CCN(C(=O)c2ncn([C@@H]3CCCC[C@H]3OCc3ccccc3)c2-c2ccccc2)[C@H](Cc2ccccc2)C1. The first-order chi connectivity index (χ1) is 22.8. The van der Waals surface area contributed by atoms with Gasteiger partial charge in [0.1, 0.15) is 5.60 Å². The van der Waals surface area contributed by atoms with Crippen molar-refractivity contribution in [1.29, 1.82) is 0 Å². The highest BCUT2D eigenvalue weighted by Gasteiger charge is 2.38. The van der Waals surface area contributed by atoms with Gasteiger partial charge in [-0.1, -0.05) is 104 Å². The van der Waals surface area contributed by atoms with E-state index in [0.29, 0.717) is 38.4 Å². The zero-order valence-electron chi connectivity index (χ0n) is 27.8. The number of ether oxygens (including phenoxy) is 2. The molecule has 0 radical (unpaired) electrons. The lowest BCUT2D eigenvalue weighted by molar-refractivity contribution is -0.0159. The normalized spacial score (nSPS) is 20.2. The minimum absolute atomic E-state index is 0.00627. The van der Waals surface area contributed by atoms with Gasteiger partial charge in [-0.05, 0) is 51.2 Å². The molecule has 1 aromatic heterocycles. The highest BCUT2D eigenvalue weighted by Crippen LogP contribution is 2.37. The standard InChI is InChI=1S/C39H46N4O4/c1-39(2,3)47-38(45)41-23-24-42(32(26-41)25-29-15-7-4-8-16-29)37(44)35-36(31-19-11-6-12-20-31)43(28-40-35)33-21-13-14-22-34(33)46-27-30-17-9-5-10-18-30/h4-12,15-20,28,32-34H,13-14,21-27H2,1-3H3/t32-,33-,34-/m1/s1. The van der Waals surface area contributed by atoms with Crippen LogP contribution in [-0.4, -0.2) is 68.7 Å². The maximum absolute atomic E-state index is 14.7. The summed E-state index contributed by atoms with van der Waals surface area (Å²) >= 11 is 0. The van der Waals surface area contributed by atoms with Crippen LogP contribution >= 0.6 is 0 Å². The molecule has 8 nitrogen and oxygen atoms in total. The molecule has 2 heterocycles. The van der Waals surface area contributed by atoms with Crippen LogP contribution in [0.3, 0.4) is 0 Å². The fraction of sp³-hybridized carbons (Fsp3) is 0.410. The number of nitrogens with zero attached hydrogens (tertiary/aromatic N) is 4. The number of amides is 2. The molecule has 1 saturated carbocycles. The molecule has 1 saturated heterocycles. The molecule has 246 valence electrons. The van der Waals surface area contributed by atoms with Crippen molar-refractivity contribution >= 4 is 12.0 Å². The second-order valence-electron chi connectivity index (χ2n) is 13.7. The molecule has 3 aromatic carbocycles. The lowest BCUT2D eigenvalue weighted by atomic mass is 9.91. The summed E-state index contributed by atoms with van der Waals surface area (Å²) in [4.78, 5) is 36.3. The number of hydrogen-bond acceptors (Lipinski definition) is 5. The highest BCUT2D eigenvalue weighted by atomic mass is 16.6. The zero-order valence-corrected chi connectivity index (χ0v) is 27.8. The molecule has 6 rings (SSSR count). The third kappa shape index (κ3) is 7.93. The number of hydrogen-bond donors (Lipinski definition) is 0. The Kier molecular flexibility index (Phi) is 10.1. The molecule has 2 aliphatic rings. The first-order valence-electron chi connectivity index (χ1n) is 16.9. The summed E-state index contributed by atoms with van der Waals surface area (Å²) in [6.07, 6.45) is 6.23. The lowest BCUT2D eigenvalue weighted by Crippen LogP contribution is -2.58. The maximum atomic E-state index is 14.7. The number of piperazine rings is 1. The van der Waals surface area contributed by atoms with E-state index in [2.05, 4.69) is 41.0 Å². The van der Waals surface area contributed by atoms with Crippen molar-refractivity contribution in [1.82, 2.24) is 19.4 Å². The topological polar surface area (TPSA) is 76.9 Å². The third-order valence-corrected chi connectivity index (χ3v) is 9.08. The average Bonchev–Trinajstić information content (AvgIpc) is 3.53. The number of benzene rings is 3. The molecule has 0 spiro atoms. The largest absolute Gasteiger partial charge is 0.444 e. The van der Waals surface area contributed by atoms with E-state index in [4.69, 9.17) is 14.5 Å². The van der Waals surface area contributed by atoms with Gasteiger partial charge in [0, 0.05) is 25.2 Å². The molecule has 47 heavy (non-hydrogen) atoms.